The molecule has 0 aliphatic carbocycles. The number of rotatable bonds is 7. The molecule has 0 fully saturated rings. The lowest BCUT2D eigenvalue weighted by Gasteiger charge is -2.06. The largest absolute Gasteiger partial charge is 0.381 e. The third-order valence-corrected chi connectivity index (χ3v) is 2.47. The van der Waals surface area contributed by atoms with Crippen LogP contribution in [0.3, 0.4) is 0 Å². The van der Waals surface area contributed by atoms with E-state index in [9.17, 15) is 9.59 Å². The van der Waals surface area contributed by atoms with Gasteiger partial charge in [-0.15, -0.1) is 0 Å². The fourth-order valence-corrected chi connectivity index (χ4v) is 1.41. The summed E-state index contributed by atoms with van der Waals surface area (Å²) in [5, 5.41) is 2.76. The third kappa shape index (κ3) is 4.71. The van der Waals surface area contributed by atoms with E-state index in [1.165, 1.54) is 10.6 Å². The molecule has 5 heteroatoms. The van der Waals surface area contributed by atoms with Crippen LogP contribution in [-0.2, 0) is 11.8 Å². The van der Waals surface area contributed by atoms with Crippen molar-refractivity contribution in [2.24, 2.45) is 7.05 Å². The van der Waals surface area contributed by atoms with Crippen LogP contribution in [0.25, 0.3) is 0 Å². The second kappa shape index (κ2) is 7.66. The first-order valence-electron chi connectivity index (χ1n) is 6.17. The Bertz CT molecular complexity index is 440. The fraction of sp³-hybridized carbons (Fsp3) is 0.538. The Balaban J connectivity index is 2.32. The van der Waals surface area contributed by atoms with E-state index in [2.05, 4.69) is 12.2 Å². The van der Waals surface area contributed by atoms with Crippen LogP contribution in [0.15, 0.2) is 23.1 Å². The molecule has 0 saturated carbocycles. The van der Waals surface area contributed by atoms with Crippen molar-refractivity contribution < 1.29 is 9.53 Å². The van der Waals surface area contributed by atoms with Gasteiger partial charge in [0.15, 0.2) is 0 Å². The zero-order valence-electron chi connectivity index (χ0n) is 10.9. The first-order valence-corrected chi connectivity index (χ1v) is 6.17. The first-order chi connectivity index (χ1) is 8.65. The van der Waals surface area contributed by atoms with E-state index in [-0.39, 0.29) is 11.5 Å². The van der Waals surface area contributed by atoms with Crippen LogP contribution in [0.4, 0.5) is 0 Å². The van der Waals surface area contributed by atoms with Gasteiger partial charge in [-0.3, -0.25) is 9.59 Å². The lowest BCUT2D eigenvalue weighted by molar-refractivity contribution is 0.0941. The van der Waals surface area contributed by atoms with Gasteiger partial charge in [-0.25, -0.2) is 0 Å². The molecule has 1 rings (SSSR count). The minimum Gasteiger partial charge on any atom is -0.381 e. The lowest BCUT2D eigenvalue weighted by Crippen LogP contribution is -2.27. The number of amides is 1. The molecule has 1 N–H and O–H groups in total. The fourth-order valence-electron chi connectivity index (χ4n) is 1.41. The highest BCUT2D eigenvalue weighted by molar-refractivity contribution is 5.93. The molecule has 0 bridgehead atoms. The van der Waals surface area contributed by atoms with Crippen LogP contribution >= 0.6 is 0 Å². The summed E-state index contributed by atoms with van der Waals surface area (Å²) in [5.74, 6) is -0.219. The quantitative estimate of drug-likeness (QED) is 0.734. The smallest absolute Gasteiger partial charge is 0.251 e. The molecule has 18 heavy (non-hydrogen) atoms. The van der Waals surface area contributed by atoms with E-state index in [0.29, 0.717) is 18.7 Å². The SMILES string of the molecule is CCCOCCCNC(=O)c1ccn(C)c(=O)c1. The minimum absolute atomic E-state index is 0.186. The Morgan fingerprint density at radius 2 is 2.22 bits per heavy atom. The Morgan fingerprint density at radius 1 is 1.44 bits per heavy atom. The number of carbonyl (C=O) groups excluding carboxylic acids is 1. The molecule has 100 valence electrons. The number of carbonyl (C=O) groups is 1. The highest BCUT2D eigenvalue weighted by Gasteiger charge is 2.05. The molecule has 0 aliphatic heterocycles. The summed E-state index contributed by atoms with van der Waals surface area (Å²) in [6.45, 7) is 4.00. The maximum atomic E-state index is 11.7. The van der Waals surface area contributed by atoms with Crippen LogP contribution in [-0.4, -0.2) is 30.2 Å². The molecule has 0 aromatic carbocycles. The number of ether oxygens (including phenoxy) is 1. The van der Waals surface area contributed by atoms with Gasteiger partial charge >= 0.3 is 0 Å². The van der Waals surface area contributed by atoms with Gasteiger partial charge in [-0.05, 0) is 18.9 Å². The third-order valence-electron chi connectivity index (χ3n) is 2.47. The topological polar surface area (TPSA) is 60.3 Å². The Hall–Kier alpha value is -1.62. The normalized spacial score (nSPS) is 10.3. The maximum Gasteiger partial charge on any atom is 0.251 e. The average molecular weight is 252 g/mol. The van der Waals surface area contributed by atoms with Gasteiger partial charge in [0, 0.05) is 44.6 Å². The minimum atomic E-state index is -0.219. The molecule has 1 aromatic rings. The number of hydrogen-bond donors (Lipinski definition) is 1. The number of pyridine rings is 1. The van der Waals surface area contributed by atoms with Gasteiger partial charge in [-0.1, -0.05) is 6.92 Å². The predicted octanol–water partition coefficient (Wildman–Crippen LogP) is 0.932. The molecule has 0 saturated heterocycles. The van der Waals surface area contributed by atoms with E-state index >= 15 is 0 Å². The van der Waals surface area contributed by atoms with Crippen molar-refractivity contribution in [1.29, 1.82) is 0 Å². The monoisotopic (exact) mass is 252 g/mol. The zero-order chi connectivity index (χ0) is 13.4. The van der Waals surface area contributed by atoms with Gasteiger partial charge in [-0.2, -0.15) is 0 Å². The summed E-state index contributed by atoms with van der Waals surface area (Å²) in [6, 6.07) is 2.97. The van der Waals surface area contributed by atoms with Gasteiger partial charge in [0.05, 0.1) is 0 Å². The van der Waals surface area contributed by atoms with E-state index in [0.717, 1.165) is 19.4 Å². The lowest BCUT2D eigenvalue weighted by atomic mass is 10.2. The van der Waals surface area contributed by atoms with Crippen molar-refractivity contribution in [1.82, 2.24) is 9.88 Å². The number of hydrogen-bond acceptors (Lipinski definition) is 3. The maximum absolute atomic E-state index is 11.7. The van der Waals surface area contributed by atoms with Gasteiger partial charge in [0.25, 0.3) is 11.5 Å². The Morgan fingerprint density at radius 3 is 2.89 bits per heavy atom. The summed E-state index contributed by atoms with van der Waals surface area (Å²) < 4.78 is 6.73. The highest BCUT2D eigenvalue weighted by atomic mass is 16.5. The van der Waals surface area contributed by atoms with Gasteiger partial charge in [0.1, 0.15) is 0 Å². The predicted molar refractivity (Wildman–Crippen MR) is 69.7 cm³/mol. The highest BCUT2D eigenvalue weighted by Crippen LogP contribution is 1.94. The molecule has 0 spiro atoms. The van der Waals surface area contributed by atoms with Crippen molar-refractivity contribution in [3.05, 3.63) is 34.2 Å². The molecule has 1 heterocycles. The number of nitrogens with one attached hydrogen (secondary N) is 1. The summed E-state index contributed by atoms with van der Waals surface area (Å²) in [7, 11) is 1.65. The number of aryl methyl sites for hydroxylation is 1. The van der Waals surface area contributed by atoms with E-state index < -0.39 is 0 Å². The second-order valence-electron chi connectivity index (χ2n) is 4.09. The standard InChI is InChI=1S/C13H20N2O3/c1-3-8-18-9-4-6-14-13(17)11-5-7-15(2)12(16)10-11/h5,7,10H,3-4,6,8-9H2,1-2H3,(H,14,17). The molecule has 5 nitrogen and oxygen atoms in total. The number of nitrogens with zero attached hydrogens (tertiary/aromatic N) is 1. The summed E-state index contributed by atoms with van der Waals surface area (Å²) in [5.41, 5.74) is 0.210. The van der Waals surface area contributed by atoms with Gasteiger partial charge in [0.2, 0.25) is 0 Å². The summed E-state index contributed by atoms with van der Waals surface area (Å²) in [6.07, 6.45) is 3.36. The molecule has 0 unspecified atom stereocenters. The number of aromatic nitrogens is 1. The van der Waals surface area contributed by atoms with E-state index in [1.54, 1.807) is 19.3 Å². The first kappa shape index (κ1) is 14.4. The molecular weight excluding hydrogens is 232 g/mol. The zero-order valence-corrected chi connectivity index (χ0v) is 10.9. The van der Waals surface area contributed by atoms with Crippen LogP contribution in [0.2, 0.25) is 0 Å². The second-order valence-corrected chi connectivity index (χ2v) is 4.09. The van der Waals surface area contributed by atoms with Crippen molar-refractivity contribution in [3.63, 3.8) is 0 Å². The molecular formula is C13H20N2O3. The van der Waals surface area contributed by atoms with Crippen LogP contribution in [0, 0.1) is 0 Å². The molecule has 0 radical (unpaired) electrons. The molecule has 1 aromatic heterocycles. The summed E-state index contributed by atoms with van der Waals surface area (Å²) >= 11 is 0. The van der Waals surface area contributed by atoms with Crippen LogP contribution in [0.1, 0.15) is 30.1 Å². The van der Waals surface area contributed by atoms with Gasteiger partial charge < -0.3 is 14.6 Å². The molecule has 1 amide bonds. The average Bonchev–Trinajstić information content (AvgIpc) is 2.36. The van der Waals surface area contributed by atoms with Crippen LogP contribution in [0.5, 0.6) is 0 Å². The van der Waals surface area contributed by atoms with Crippen molar-refractivity contribution >= 4 is 5.91 Å². The van der Waals surface area contributed by atoms with Crippen LogP contribution < -0.4 is 10.9 Å². The van der Waals surface area contributed by atoms with E-state index in [4.69, 9.17) is 4.74 Å². The van der Waals surface area contributed by atoms with Crippen molar-refractivity contribution in [2.45, 2.75) is 19.8 Å². The molecule has 0 aliphatic rings. The van der Waals surface area contributed by atoms with Crippen molar-refractivity contribution in [3.8, 4) is 0 Å². The Kier molecular flexibility index (Phi) is 6.14. The summed E-state index contributed by atoms with van der Waals surface area (Å²) in [4.78, 5) is 23.1. The van der Waals surface area contributed by atoms with E-state index in [1.807, 2.05) is 0 Å². The van der Waals surface area contributed by atoms with Crippen molar-refractivity contribution in [2.75, 3.05) is 19.8 Å². The Labute approximate surface area is 107 Å². The molecule has 0 atom stereocenters.